The molecule has 3 nitrogen and oxygen atoms in total. The van der Waals surface area contributed by atoms with Crippen LogP contribution in [0.1, 0.15) is 34.1 Å². The van der Waals surface area contributed by atoms with Crippen molar-refractivity contribution in [3.05, 3.63) is 12.7 Å². The first kappa shape index (κ1) is 16.6. The van der Waals surface area contributed by atoms with Crippen LogP contribution in [0.2, 0.25) is 0 Å². The third kappa shape index (κ3) is 8.18. The molecule has 0 amide bonds. The Labute approximate surface area is 94.5 Å². The Morgan fingerprint density at radius 2 is 1.53 bits per heavy atom. The highest BCUT2D eigenvalue weighted by atomic mass is 16.3. The molecule has 90 valence electrons. The molecule has 0 aliphatic carbocycles. The van der Waals surface area contributed by atoms with Crippen LogP contribution in [0.3, 0.4) is 0 Å². The SMILES string of the molecule is C=CC(=N)[O-].CCC[N+](CC)(CC)CC. The van der Waals surface area contributed by atoms with E-state index in [2.05, 4.69) is 34.3 Å². The molecule has 0 rings (SSSR count). The Bertz CT molecular complexity index is 166. The third-order valence-electron chi connectivity index (χ3n) is 2.90. The zero-order chi connectivity index (χ0) is 12.3. The van der Waals surface area contributed by atoms with Gasteiger partial charge in [-0.25, -0.2) is 0 Å². The van der Waals surface area contributed by atoms with Crippen LogP contribution in [0.5, 0.6) is 0 Å². The van der Waals surface area contributed by atoms with Crippen molar-refractivity contribution in [2.24, 2.45) is 0 Å². The fourth-order valence-electron chi connectivity index (χ4n) is 1.62. The molecular formula is C12H26N2O. The average molecular weight is 214 g/mol. The highest BCUT2D eigenvalue weighted by Crippen LogP contribution is 2.06. The van der Waals surface area contributed by atoms with Crippen LogP contribution in [0, 0.1) is 5.41 Å². The summed E-state index contributed by atoms with van der Waals surface area (Å²) in [4.78, 5) is 0. The van der Waals surface area contributed by atoms with Crippen LogP contribution in [0.4, 0.5) is 0 Å². The Balaban J connectivity index is 0. The average Bonchev–Trinajstić information content (AvgIpc) is 2.27. The number of rotatable bonds is 6. The molecule has 1 N–H and O–H groups in total. The second kappa shape index (κ2) is 9.71. The van der Waals surface area contributed by atoms with Gasteiger partial charge in [0.2, 0.25) is 0 Å². The molecule has 0 spiro atoms. The molecule has 0 atom stereocenters. The number of nitrogens with one attached hydrogen (secondary N) is 1. The predicted octanol–water partition coefficient (Wildman–Crippen LogP) is 1.78. The van der Waals surface area contributed by atoms with Crippen molar-refractivity contribution < 1.29 is 9.59 Å². The van der Waals surface area contributed by atoms with Crippen molar-refractivity contribution in [2.45, 2.75) is 34.1 Å². The number of hydrogen-bond acceptors (Lipinski definition) is 2. The van der Waals surface area contributed by atoms with Gasteiger partial charge in [-0.1, -0.05) is 19.6 Å². The minimum absolute atomic E-state index is 0.731. The van der Waals surface area contributed by atoms with Crippen molar-refractivity contribution in [1.29, 1.82) is 5.41 Å². The zero-order valence-electron chi connectivity index (χ0n) is 10.7. The first-order valence-electron chi connectivity index (χ1n) is 5.74. The Morgan fingerprint density at radius 3 is 1.60 bits per heavy atom. The van der Waals surface area contributed by atoms with E-state index in [-0.39, 0.29) is 0 Å². The second-order valence-electron chi connectivity index (χ2n) is 3.58. The molecule has 0 fully saturated rings. The summed E-state index contributed by atoms with van der Waals surface area (Å²) in [6.45, 7) is 17.4. The van der Waals surface area contributed by atoms with Gasteiger partial charge in [-0.05, 0) is 33.1 Å². The van der Waals surface area contributed by atoms with E-state index in [1.165, 1.54) is 37.1 Å². The molecule has 0 bridgehead atoms. The zero-order valence-corrected chi connectivity index (χ0v) is 10.7. The van der Waals surface area contributed by atoms with E-state index in [0.29, 0.717) is 0 Å². The van der Waals surface area contributed by atoms with E-state index in [4.69, 9.17) is 5.41 Å². The lowest BCUT2D eigenvalue weighted by molar-refractivity contribution is -0.923. The highest BCUT2D eigenvalue weighted by molar-refractivity contribution is 5.79. The molecule has 0 saturated heterocycles. The van der Waals surface area contributed by atoms with Gasteiger partial charge >= 0.3 is 0 Å². The quantitative estimate of drug-likeness (QED) is 0.409. The highest BCUT2D eigenvalue weighted by Gasteiger charge is 2.17. The maximum absolute atomic E-state index is 9.36. The summed E-state index contributed by atoms with van der Waals surface area (Å²) >= 11 is 0. The van der Waals surface area contributed by atoms with E-state index in [9.17, 15) is 5.11 Å². The predicted molar refractivity (Wildman–Crippen MR) is 65.0 cm³/mol. The van der Waals surface area contributed by atoms with Gasteiger partial charge in [0, 0.05) is 0 Å². The van der Waals surface area contributed by atoms with Gasteiger partial charge in [-0.2, -0.15) is 0 Å². The lowest BCUT2D eigenvalue weighted by Gasteiger charge is -2.35. The lowest BCUT2D eigenvalue weighted by atomic mass is 10.3. The molecule has 0 unspecified atom stereocenters. The molecule has 0 radical (unpaired) electrons. The minimum Gasteiger partial charge on any atom is -0.859 e. The summed E-state index contributed by atoms with van der Waals surface area (Å²) in [5, 5.41) is 15.4. The van der Waals surface area contributed by atoms with Gasteiger partial charge in [0.25, 0.3) is 0 Å². The summed E-state index contributed by atoms with van der Waals surface area (Å²) in [5.74, 6) is -0.731. The third-order valence-corrected chi connectivity index (χ3v) is 2.90. The fraction of sp³-hybridized carbons (Fsp3) is 0.750. The Kier molecular flexibility index (Phi) is 10.7. The lowest BCUT2D eigenvalue weighted by Crippen LogP contribution is -2.47. The molecule has 0 aliphatic rings. The molecule has 3 heteroatoms. The largest absolute Gasteiger partial charge is 0.859 e. The maximum Gasteiger partial charge on any atom is 0.0783 e. The summed E-state index contributed by atoms with van der Waals surface area (Å²) in [7, 11) is 0. The summed E-state index contributed by atoms with van der Waals surface area (Å²) < 4.78 is 1.30. The smallest absolute Gasteiger partial charge is 0.0783 e. The van der Waals surface area contributed by atoms with Crippen LogP contribution >= 0.6 is 0 Å². The van der Waals surface area contributed by atoms with Crippen LogP contribution in [-0.2, 0) is 0 Å². The molecule has 0 heterocycles. The van der Waals surface area contributed by atoms with Gasteiger partial charge < -0.3 is 15.0 Å². The topological polar surface area (TPSA) is 46.9 Å². The van der Waals surface area contributed by atoms with Gasteiger partial charge in [0.1, 0.15) is 0 Å². The van der Waals surface area contributed by atoms with Crippen LogP contribution in [0.25, 0.3) is 0 Å². The Hall–Kier alpha value is -0.830. The maximum atomic E-state index is 9.36. The molecule has 0 aromatic heterocycles. The van der Waals surface area contributed by atoms with E-state index in [1.807, 2.05) is 0 Å². The van der Waals surface area contributed by atoms with Gasteiger partial charge in [0.05, 0.1) is 26.2 Å². The van der Waals surface area contributed by atoms with Gasteiger partial charge in [-0.15, -0.1) is 0 Å². The number of nitrogens with zero attached hydrogens (tertiary/aromatic N) is 1. The summed E-state index contributed by atoms with van der Waals surface area (Å²) in [5.41, 5.74) is 0. The number of quaternary nitrogens is 1. The standard InChI is InChI=1S/C9H22N.C3H5NO/c1-5-9-10(6-2,7-3)8-4;1-2-3(4)5/h5-9H2,1-4H3;2H,1H2,(H2,4,5)/q+1;/p-1. The van der Waals surface area contributed by atoms with Crippen LogP contribution < -0.4 is 5.11 Å². The second-order valence-corrected chi connectivity index (χ2v) is 3.58. The molecule has 15 heavy (non-hydrogen) atoms. The molecule has 0 aromatic rings. The first-order chi connectivity index (χ1) is 7.01. The normalized spacial score (nSPS) is 10.1. The van der Waals surface area contributed by atoms with Crippen molar-refractivity contribution in [3.8, 4) is 0 Å². The Morgan fingerprint density at radius 1 is 1.20 bits per heavy atom. The van der Waals surface area contributed by atoms with Crippen LogP contribution in [0.15, 0.2) is 12.7 Å². The van der Waals surface area contributed by atoms with Gasteiger partial charge in [-0.3, -0.25) is 0 Å². The van der Waals surface area contributed by atoms with E-state index in [1.54, 1.807) is 0 Å². The summed E-state index contributed by atoms with van der Waals surface area (Å²) in [6.07, 6.45) is 2.26. The minimum atomic E-state index is -0.731. The van der Waals surface area contributed by atoms with Gasteiger partial charge in [0.15, 0.2) is 0 Å². The number of hydrogen-bond donors (Lipinski definition) is 1. The van der Waals surface area contributed by atoms with Crippen molar-refractivity contribution in [2.75, 3.05) is 26.2 Å². The van der Waals surface area contributed by atoms with E-state index >= 15 is 0 Å². The molecule has 0 saturated carbocycles. The van der Waals surface area contributed by atoms with E-state index in [0.717, 1.165) is 6.08 Å². The first-order valence-corrected chi connectivity index (χ1v) is 5.74. The molecule has 0 aromatic carbocycles. The van der Waals surface area contributed by atoms with Crippen molar-refractivity contribution in [1.82, 2.24) is 0 Å². The van der Waals surface area contributed by atoms with E-state index < -0.39 is 5.90 Å². The fourth-order valence-corrected chi connectivity index (χ4v) is 1.62. The summed E-state index contributed by atoms with van der Waals surface area (Å²) in [6, 6.07) is 0. The monoisotopic (exact) mass is 214 g/mol. The van der Waals surface area contributed by atoms with Crippen molar-refractivity contribution in [3.63, 3.8) is 0 Å². The molecular weight excluding hydrogens is 188 g/mol. The molecule has 0 aliphatic heterocycles. The van der Waals surface area contributed by atoms with Crippen LogP contribution in [-0.4, -0.2) is 36.6 Å². The van der Waals surface area contributed by atoms with Crippen molar-refractivity contribution >= 4 is 5.90 Å².